The van der Waals surface area contributed by atoms with Gasteiger partial charge in [0.2, 0.25) is 0 Å². The lowest BCUT2D eigenvalue weighted by Crippen LogP contribution is -2.39. The second-order valence-corrected chi connectivity index (χ2v) is 8.96. The zero-order valence-corrected chi connectivity index (χ0v) is 20.5. The fourth-order valence-electron chi connectivity index (χ4n) is 5.66. The number of carbonyl (C=O) groups excluding carboxylic acids is 4. The van der Waals surface area contributed by atoms with E-state index in [1.165, 1.54) is 28.4 Å². The molecule has 2 fully saturated rings. The second kappa shape index (κ2) is 8.25. The second-order valence-electron chi connectivity index (χ2n) is 8.96. The lowest BCUT2D eigenvalue weighted by Gasteiger charge is -2.32. The van der Waals surface area contributed by atoms with Crippen LogP contribution in [0.3, 0.4) is 0 Å². The van der Waals surface area contributed by atoms with E-state index in [1.807, 2.05) is 0 Å². The molecule has 0 bridgehead atoms. The number of methoxy groups -OCH3 is 4. The normalized spacial score (nSPS) is 24.0. The predicted octanol–water partition coefficient (Wildman–Crippen LogP) is 2.64. The maximum Gasteiger partial charge on any atom is 0.323 e. The summed E-state index contributed by atoms with van der Waals surface area (Å²) >= 11 is 0. The molecule has 1 saturated heterocycles. The monoisotopic (exact) mass is 495 g/mol. The van der Waals surface area contributed by atoms with Gasteiger partial charge in [-0.2, -0.15) is 0 Å². The van der Waals surface area contributed by atoms with E-state index in [-0.39, 0.29) is 41.3 Å². The largest absolute Gasteiger partial charge is 0.494 e. The Morgan fingerprint density at radius 2 is 1.53 bits per heavy atom. The molecule has 3 atom stereocenters. The summed E-state index contributed by atoms with van der Waals surface area (Å²) in [6.07, 6.45) is 0.201. The number of fused-ring (bicyclic) bond motifs is 2. The highest BCUT2D eigenvalue weighted by Gasteiger charge is 2.73. The van der Waals surface area contributed by atoms with Crippen molar-refractivity contribution in [2.24, 2.45) is 11.3 Å². The third-order valence-corrected chi connectivity index (χ3v) is 7.41. The number of benzene rings is 2. The molecule has 3 aliphatic rings. The van der Waals surface area contributed by atoms with E-state index in [2.05, 4.69) is 0 Å². The maximum absolute atomic E-state index is 13.6. The molecule has 0 spiro atoms. The average molecular weight is 495 g/mol. The SMILES string of the molecule is COC(=O)[C@@]12C[C@@H]1[C@@H](c1c(OC)c(OC)c(C)c(OC)c1N1C(=O)c3ccccc3C1=O)COC2=O. The smallest absolute Gasteiger partial charge is 0.323 e. The lowest BCUT2D eigenvalue weighted by atomic mass is 9.84. The third-order valence-electron chi connectivity index (χ3n) is 7.41. The van der Waals surface area contributed by atoms with Gasteiger partial charge in [-0.25, -0.2) is 4.90 Å². The molecule has 36 heavy (non-hydrogen) atoms. The number of amides is 2. The highest BCUT2D eigenvalue weighted by atomic mass is 16.6. The molecule has 10 heteroatoms. The summed E-state index contributed by atoms with van der Waals surface area (Å²) < 4.78 is 27.6. The van der Waals surface area contributed by atoms with Gasteiger partial charge in [0.1, 0.15) is 11.4 Å². The molecule has 188 valence electrons. The maximum atomic E-state index is 13.6. The Labute approximate surface area is 207 Å². The van der Waals surface area contributed by atoms with Crippen molar-refractivity contribution in [1.82, 2.24) is 0 Å². The Morgan fingerprint density at radius 1 is 0.944 bits per heavy atom. The van der Waals surface area contributed by atoms with Crippen LogP contribution < -0.4 is 19.1 Å². The zero-order chi connectivity index (χ0) is 25.9. The third kappa shape index (κ3) is 2.90. The number of rotatable bonds is 6. The van der Waals surface area contributed by atoms with E-state index in [9.17, 15) is 19.2 Å². The Kier molecular flexibility index (Phi) is 5.42. The van der Waals surface area contributed by atoms with Gasteiger partial charge >= 0.3 is 11.9 Å². The van der Waals surface area contributed by atoms with Crippen LogP contribution in [0.2, 0.25) is 0 Å². The molecule has 5 rings (SSSR count). The number of hydrogen-bond acceptors (Lipinski definition) is 9. The number of nitrogens with zero attached hydrogens (tertiary/aromatic N) is 1. The highest BCUT2D eigenvalue weighted by molar-refractivity contribution is 6.35. The van der Waals surface area contributed by atoms with Crippen molar-refractivity contribution in [3.8, 4) is 17.2 Å². The molecule has 2 aliphatic heterocycles. The van der Waals surface area contributed by atoms with Crippen LogP contribution in [-0.2, 0) is 19.1 Å². The first kappa shape index (κ1) is 23.7. The fraction of sp³-hybridized carbons (Fsp3) is 0.385. The van der Waals surface area contributed by atoms with Gasteiger partial charge in [0.15, 0.2) is 16.9 Å². The molecule has 2 aromatic carbocycles. The van der Waals surface area contributed by atoms with E-state index in [0.717, 1.165) is 4.90 Å². The van der Waals surface area contributed by atoms with E-state index in [4.69, 9.17) is 23.7 Å². The van der Waals surface area contributed by atoms with Gasteiger partial charge in [0.25, 0.3) is 11.8 Å². The molecule has 2 aromatic rings. The van der Waals surface area contributed by atoms with Crippen molar-refractivity contribution < 1.29 is 42.9 Å². The lowest BCUT2D eigenvalue weighted by molar-refractivity contribution is -0.168. The molecule has 1 aliphatic carbocycles. The number of cyclic esters (lactones) is 1. The minimum Gasteiger partial charge on any atom is -0.494 e. The summed E-state index contributed by atoms with van der Waals surface area (Å²) in [5, 5.41) is 0. The highest BCUT2D eigenvalue weighted by Crippen LogP contribution is 2.66. The molecule has 0 radical (unpaired) electrons. The van der Waals surface area contributed by atoms with E-state index < -0.39 is 41.0 Å². The van der Waals surface area contributed by atoms with Crippen LogP contribution in [0.5, 0.6) is 17.2 Å². The summed E-state index contributed by atoms with van der Waals surface area (Å²) in [7, 11) is 5.55. The van der Waals surface area contributed by atoms with E-state index in [1.54, 1.807) is 31.2 Å². The van der Waals surface area contributed by atoms with Gasteiger partial charge < -0.3 is 23.7 Å². The first-order chi connectivity index (χ1) is 17.3. The van der Waals surface area contributed by atoms with Crippen molar-refractivity contribution in [2.45, 2.75) is 19.3 Å². The summed E-state index contributed by atoms with van der Waals surface area (Å²) in [5.41, 5.74) is 0.131. The summed E-state index contributed by atoms with van der Waals surface area (Å²) in [5.74, 6) is -2.66. The van der Waals surface area contributed by atoms with Gasteiger partial charge in [-0.15, -0.1) is 0 Å². The minimum atomic E-state index is -1.45. The number of esters is 2. The van der Waals surface area contributed by atoms with Crippen LogP contribution in [0.1, 0.15) is 44.2 Å². The van der Waals surface area contributed by atoms with Crippen molar-refractivity contribution in [1.29, 1.82) is 0 Å². The Bertz CT molecular complexity index is 1290. The number of hydrogen-bond donors (Lipinski definition) is 0. The first-order valence-electron chi connectivity index (χ1n) is 11.3. The quantitative estimate of drug-likeness (QED) is 0.339. The average Bonchev–Trinajstić information content (AvgIpc) is 3.61. The van der Waals surface area contributed by atoms with Crippen LogP contribution in [0, 0.1) is 18.3 Å². The Hall–Kier alpha value is -4.08. The van der Waals surface area contributed by atoms with Gasteiger partial charge in [0.05, 0.1) is 46.2 Å². The predicted molar refractivity (Wildman–Crippen MR) is 125 cm³/mol. The Balaban J connectivity index is 1.78. The van der Waals surface area contributed by atoms with Crippen molar-refractivity contribution in [3.63, 3.8) is 0 Å². The number of anilines is 1. The van der Waals surface area contributed by atoms with Crippen molar-refractivity contribution >= 4 is 29.4 Å². The van der Waals surface area contributed by atoms with Crippen molar-refractivity contribution in [2.75, 3.05) is 39.9 Å². The standard InChI is InChI=1S/C26H25NO9/c1-12-19(32-2)18(27-22(28)13-8-6-7-9-14(13)23(27)29)17(21(34-4)20(12)33-3)15-11-36-25(31)26(10-16(15)26)24(30)35-5/h6-9,15-16H,10-11H2,1-5H3/t15-,16+,26+/m0/s1. The van der Waals surface area contributed by atoms with Crippen molar-refractivity contribution in [3.05, 3.63) is 46.5 Å². The van der Waals surface area contributed by atoms with Crippen LogP contribution >= 0.6 is 0 Å². The number of carbonyl (C=O) groups is 4. The van der Waals surface area contributed by atoms with Crippen LogP contribution in [-0.4, -0.2) is 58.8 Å². The molecule has 0 unspecified atom stereocenters. The molecular formula is C26H25NO9. The van der Waals surface area contributed by atoms with Gasteiger partial charge in [-0.3, -0.25) is 19.2 Å². The molecule has 10 nitrogen and oxygen atoms in total. The fourth-order valence-corrected chi connectivity index (χ4v) is 5.66. The van der Waals surface area contributed by atoms with Crippen LogP contribution in [0.4, 0.5) is 5.69 Å². The minimum absolute atomic E-state index is 0.0931. The molecule has 2 amide bonds. The van der Waals surface area contributed by atoms with Gasteiger partial charge in [-0.05, 0) is 31.4 Å². The molecule has 1 saturated carbocycles. The molecule has 2 heterocycles. The topological polar surface area (TPSA) is 118 Å². The van der Waals surface area contributed by atoms with Crippen LogP contribution in [0.25, 0.3) is 0 Å². The van der Waals surface area contributed by atoms with E-state index in [0.29, 0.717) is 16.9 Å². The summed E-state index contributed by atoms with van der Waals surface area (Å²) in [4.78, 5) is 53.5. The molecular weight excluding hydrogens is 470 g/mol. The first-order valence-corrected chi connectivity index (χ1v) is 11.3. The van der Waals surface area contributed by atoms with Crippen LogP contribution in [0.15, 0.2) is 24.3 Å². The number of ether oxygens (including phenoxy) is 5. The summed E-state index contributed by atoms with van der Waals surface area (Å²) in [6, 6.07) is 6.53. The van der Waals surface area contributed by atoms with Gasteiger partial charge in [-0.1, -0.05) is 12.1 Å². The zero-order valence-electron chi connectivity index (χ0n) is 20.5. The Morgan fingerprint density at radius 3 is 2.06 bits per heavy atom. The number of imide groups is 1. The van der Waals surface area contributed by atoms with E-state index >= 15 is 0 Å². The molecule has 0 N–H and O–H groups in total. The summed E-state index contributed by atoms with van der Waals surface area (Å²) in [6.45, 7) is 1.63. The molecule has 0 aromatic heterocycles. The van der Waals surface area contributed by atoms with Gasteiger partial charge in [0, 0.05) is 17.0 Å².